The van der Waals surface area contributed by atoms with Gasteiger partial charge in [-0.2, -0.15) is 0 Å². The highest BCUT2D eigenvalue weighted by Crippen LogP contribution is 2.32. The molecular weight excluding hydrogens is 198 g/mol. The van der Waals surface area contributed by atoms with Gasteiger partial charge in [0, 0.05) is 13.1 Å². The monoisotopic (exact) mass is 219 g/mol. The van der Waals surface area contributed by atoms with Crippen LogP contribution >= 0.6 is 0 Å². The Morgan fingerprint density at radius 1 is 1.19 bits per heavy atom. The molecule has 0 amide bonds. The van der Waals surface area contributed by atoms with Crippen molar-refractivity contribution in [1.82, 2.24) is 4.90 Å². The molecule has 0 saturated carbocycles. The van der Waals surface area contributed by atoms with E-state index in [9.17, 15) is 5.11 Å². The zero-order valence-corrected chi connectivity index (χ0v) is 10.0. The molecule has 88 valence electrons. The second-order valence-electron chi connectivity index (χ2n) is 4.74. The van der Waals surface area contributed by atoms with Gasteiger partial charge in [0.2, 0.25) is 0 Å². The average Bonchev–Trinajstić information content (AvgIpc) is 2.34. The largest absolute Gasteiger partial charge is 0.385 e. The van der Waals surface area contributed by atoms with Crippen molar-refractivity contribution in [2.45, 2.75) is 31.8 Å². The van der Waals surface area contributed by atoms with Gasteiger partial charge in [-0.1, -0.05) is 37.3 Å². The molecule has 1 fully saturated rings. The molecule has 0 spiro atoms. The zero-order chi connectivity index (χ0) is 11.4. The van der Waals surface area contributed by atoms with Crippen LogP contribution in [0, 0.1) is 0 Å². The van der Waals surface area contributed by atoms with E-state index in [0.29, 0.717) is 0 Å². The van der Waals surface area contributed by atoms with E-state index in [4.69, 9.17) is 0 Å². The summed E-state index contributed by atoms with van der Waals surface area (Å²) in [5.74, 6) is 0. The highest BCUT2D eigenvalue weighted by atomic mass is 16.3. The minimum atomic E-state index is -0.592. The van der Waals surface area contributed by atoms with Gasteiger partial charge in [-0.3, -0.25) is 0 Å². The van der Waals surface area contributed by atoms with Crippen LogP contribution < -0.4 is 0 Å². The summed E-state index contributed by atoms with van der Waals surface area (Å²) in [4.78, 5) is 2.44. The first-order chi connectivity index (χ1) is 7.74. The fraction of sp³-hybridized carbons (Fsp3) is 0.571. The quantitative estimate of drug-likeness (QED) is 0.843. The number of benzene rings is 1. The lowest BCUT2D eigenvalue weighted by molar-refractivity contribution is -0.0257. The first kappa shape index (κ1) is 11.6. The zero-order valence-electron chi connectivity index (χ0n) is 10.0. The van der Waals surface area contributed by atoms with Crippen molar-refractivity contribution in [2.24, 2.45) is 0 Å². The molecule has 1 saturated heterocycles. The Morgan fingerprint density at radius 2 is 1.81 bits per heavy atom. The van der Waals surface area contributed by atoms with Crippen molar-refractivity contribution >= 4 is 0 Å². The molecule has 1 heterocycles. The first-order valence-corrected chi connectivity index (χ1v) is 6.25. The Hall–Kier alpha value is -0.860. The van der Waals surface area contributed by atoms with E-state index < -0.39 is 5.60 Å². The molecular formula is C14H21NO. The number of nitrogens with zero attached hydrogens (tertiary/aromatic N) is 1. The van der Waals surface area contributed by atoms with Gasteiger partial charge in [0.1, 0.15) is 0 Å². The standard InChI is InChI=1S/C14H21NO/c1-2-10-15-11-8-14(16,9-12-15)13-6-4-3-5-7-13/h3-7,16H,2,8-12H2,1H3. The fourth-order valence-electron chi connectivity index (χ4n) is 2.50. The summed E-state index contributed by atoms with van der Waals surface area (Å²) in [5, 5.41) is 10.6. The van der Waals surface area contributed by atoms with Crippen LogP contribution in [0.4, 0.5) is 0 Å². The van der Waals surface area contributed by atoms with Gasteiger partial charge >= 0.3 is 0 Å². The molecule has 2 heteroatoms. The minimum absolute atomic E-state index is 0.592. The Balaban J connectivity index is 2.01. The summed E-state index contributed by atoms with van der Waals surface area (Å²) < 4.78 is 0. The molecule has 0 aromatic heterocycles. The molecule has 2 nitrogen and oxygen atoms in total. The normalized spacial score (nSPS) is 20.9. The van der Waals surface area contributed by atoms with Crippen LogP contribution in [0.25, 0.3) is 0 Å². The van der Waals surface area contributed by atoms with E-state index >= 15 is 0 Å². The van der Waals surface area contributed by atoms with Gasteiger partial charge in [-0.15, -0.1) is 0 Å². The van der Waals surface area contributed by atoms with E-state index in [1.54, 1.807) is 0 Å². The Morgan fingerprint density at radius 3 is 2.38 bits per heavy atom. The summed E-state index contributed by atoms with van der Waals surface area (Å²) in [5.41, 5.74) is 0.483. The van der Waals surface area contributed by atoms with E-state index in [2.05, 4.69) is 11.8 Å². The third-order valence-corrected chi connectivity index (χ3v) is 3.53. The van der Waals surface area contributed by atoms with Crippen LogP contribution in [-0.4, -0.2) is 29.6 Å². The first-order valence-electron chi connectivity index (χ1n) is 6.25. The summed E-state index contributed by atoms with van der Waals surface area (Å²) in [6.07, 6.45) is 2.91. The van der Waals surface area contributed by atoms with Crippen molar-refractivity contribution in [1.29, 1.82) is 0 Å². The summed E-state index contributed by atoms with van der Waals surface area (Å²) in [7, 11) is 0. The van der Waals surface area contributed by atoms with Gasteiger partial charge in [-0.05, 0) is 31.4 Å². The lowest BCUT2D eigenvalue weighted by atomic mass is 9.84. The molecule has 2 rings (SSSR count). The SMILES string of the molecule is CCCN1CCC(O)(c2ccccc2)CC1. The molecule has 1 aliphatic heterocycles. The highest BCUT2D eigenvalue weighted by Gasteiger charge is 2.33. The third-order valence-electron chi connectivity index (χ3n) is 3.53. The second-order valence-corrected chi connectivity index (χ2v) is 4.74. The summed E-state index contributed by atoms with van der Waals surface area (Å²) >= 11 is 0. The second kappa shape index (κ2) is 4.98. The molecule has 1 aromatic carbocycles. The molecule has 0 atom stereocenters. The van der Waals surface area contributed by atoms with Gasteiger partial charge in [0.05, 0.1) is 5.60 Å². The molecule has 0 radical (unpaired) electrons. The Bertz CT molecular complexity index is 315. The molecule has 1 aliphatic rings. The maximum Gasteiger partial charge on any atom is 0.0920 e. The number of piperidine rings is 1. The van der Waals surface area contributed by atoms with Crippen molar-refractivity contribution in [3.63, 3.8) is 0 Å². The number of likely N-dealkylation sites (tertiary alicyclic amines) is 1. The Kier molecular flexibility index (Phi) is 3.62. The van der Waals surface area contributed by atoms with Crippen molar-refractivity contribution in [3.8, 4) is 0 Å². The fourth-order valence-corrected chi connectivity index (χ4v) is 2.50. The highest BCUT2D eigenvalue weighted by molar-refractivity contribution is 5.22. The van der Waals surface area contributed by atoms with E-state index in [0.717, 1.165) is 38.0 Å². The van der Waals surface area contributed by atoms with Crippen LogP contribution in [0.3, 0.4) is 0 Å². The Labute approximate surface area is 97.9 Å². The third kappa shape index (κ3) is 2.45. The van der Waals surface area contributed by atoms with Gasteiger partial charge in [0.25, 0.3) is 0 Å². The smallest absolute Gasteiger partial charge is 0.0920 e. The van der Waals surface area contributed by atoms with Crippen LogP contribution in [0.5, 0.6) is 0 Å². The van der Waals surface area contributed by atoms with Gasteiger partial charge in [-0.25, -0.2) is 0 Å². The van der Waals surface area contributed by atoms with Crippen LogP contribution in [0.2, 0.25) is 0 Å². The van der Waals surface area contributed by atoms with Gasteiger partial charge < -0.3 is 10.0 Å². The topological polar surface area (TPSA) is 23.5 Å². The molecule has 0 aliphatic carbocycles. The maximum atomic E-state index is 10.6. The van der Waals surface area contributed by atoms with Crippen LogP contribution in [0.15, 0.2) is 30.3 Å². The van der Waals surface area contributed by atoms with Crippen LogP contribution in [-0.2, 0) is 5.60 Å². The number of hydrogen-bond donors (Lipinski definition) is 1. The number of rotatable bonds is 3. The molecule has 0 bridgehead atoms. The minimum Gasteiger partial charge on any atom is -0.385 e. The van der Waals surface area contributed by atoms with Crippen molar-refractivity contribution < 1.29 is 5.11 Å². The van der Waals surface area contributed by atoms with E-state index in [1.165, 1.54) is 6.42 Å². The molecule has 0 unspecified atom stereocenters. The lowest BCUT2D eigenvalue weighted by Crippen LogP contribution is -2.42. The van der Waals surface area contributed by atoms with E-state index in [1.807, 2.05) is 30.3 Å². The maximum absolute atomic E-state index is 10.6. The average molecular weight is 219 g/mol. The molecule has 16 heavy (non-hydrogen) atoms. The predicted molar refractivity (Wildman–Crippen MR) is 66.3 cm³/mol. The number of aliphatic hydroxyl groups is 1. The molecule has 1 aromatic rings. The summed E-state index contributed by atoms with van der Waals surface area (Å²) in [6.45, 7) is 5.39. The van der Waals surface area contributed by atoms with Crippen molar-refractivity contribution in [2.75, 3.05) is 19.6 Å². The number of hydrogen-bond acceptors (Lipinski definition) is 2. The van der Waals surface area contributed by atoms with E-state index in [-0.39, 0.29) is 0 Å². The summed E-state index contributed by atoms with van der Waals surface area (Å²) in [6, 6.07) is 10.1. The van der Waals surface area contributed by atoms with Gasteiger partial charge in [0.15, 0.2) is 0 Å². The lowest BCUT2D eigenvalue weighted by Gasteiger charge is -2.38. The molecule has 1 N–H and O–H groups in total. The van der Waals surface area contributed by atoms with Crippen LogP contribution in [0.1, 0.15) is 31.7 Å². The van der Waals surface area contributed by atoms with Crippen molar-refractivity contribution in [3.05, 3.63) is 35.9 Å². The predicted octanol–water partition coefficient (Wildman–Crippen LogP) is 2.38.